The minimum atomic E-state index is -2.88. The van der Waals surface area contributed by atoms with E-state index in [-0.39, 0.29) is 11.8 Å². The summed E-state index contributed by atoms with van der Waals surface area (Å²) >= 11 is 0. The molecule has 1 aromatic heterocycles. The van der Waals surface area contributed by atoms with Crippen molar-refractivity contribution in [3.8, 4) is 0 Å². The summed E-state index contributed by atoms with van der Waals surface area (Å²) in [4.78, 5) is 0. The van der Waals surface area contributed by atoms with Gasteiger partial charge in [-0.15, -0.1) is 0 Å². The molecule has 110 valence electrons. The molecule has 0 spiro atoms. The van der Waals surface area contributed by atoms with Crippen LogP contribution in [0.15, 0.2) is 0 Å². The fourth-order valence-electron chi connectivity index (χ4n) is 2.29. The fraction of sp³-hybridized carbons (Fsp3) is 0.769. The molecule has 1 unspecified atom stereocenters. The summed E-state index contributed by atoms with van der Waals surface area (Å²) in [7, 11) is 0.953. The van der Waals surface area contributed by atoms with Gasteiger partial charge in [-0.3, -0.25) is 4.68 Å². The van der Waals surface area contributed by atoms with Gasteiger partial charge in [0.15, 0.2) is 0 Å². The highest BCUT2D eigenvalue weighted by atomic mass is 32.2. The van der Waals surface area contributed by atoms with Gasteiger partial charge in [-0.05, 0) is 45.7 Å². The van der Waals surface area contributed by atoms with Crippen LogP contribution in [0.5, 0.6) is 0 Å². The first-order valence-electron chi connectivity index (χ1n) is 6.58. The van der Waals surface area contributed by atoms with E-state index in [9.17, 15) is 8.42 Å². The molecule has 1 rings (SSSR count). The maximum absolute atomic E-state index is 11.2. The van der Waals surface area contributed by atoms with Crippen molar-refractivity contribution in [2.45, 2.75) is 39.2 Å². The minimum absolute atomic E-state index is 0.230. The lowest BCUT2D eigenvalue weighted by Crippen LogP contribution is -2.28. The van der Waals surface area contributed by atoms with Crippen LogP contribution in [0, 0.1) is 13.8 Å². The van der Waals surface area contributed by atoms with Gasteiger partial charge < -0.3 is 5.32 Å². The summed E-state index contributed by atoms with van der Waals surface area (Å²) in [6, 6.07) is 0.230. The van der Waals surface area contributed by atoms with Crippen molar-refractivity contribution in [1.82, 2.24) is 15.1 Å². The number of nitrogens with zero attached hydrogens (tertiary/aromatic N) is 2. The van der Waals surface area contributed by atoms with Gasteiger partial charge in [-0.1, -0.05) is 0 Å². The number of aryl methyl sites for hydroxylation is 2. The second-order valence-corrected chi connectivity index (χ2v) is 7.48. The Labute approximate surface area is 116 Å². The normalized spacial score (nSPS) is 13.7. The average molecular weight is 287 g/mol. The summed E-state index contributed by atoms with van der Waals surface area (Å²) in [6.07, 6.45) is 3.81. The molecule has 0 aromatic carbocycles. The van der Waals surface area contributed by atoms with Crippen molar-refractivity contribution in [2.75, 3.05) is 19.1 Å². The largest absolute Gasteiger partial charge is 0.317 e. The predicted octanol–water partition coefficient (Wildman–Crippen LogP) is 0.992. The zero-order valence-corrected chi connectivity index (χ0v) is 13.3. The lowest BCUT2D eigenvalue weighted by Gasteiger charge is -2.15. The third kappa shape index (κ3) is 4.95. The van der Waals surface area contributed by atoms with Crippen LogP contribution in [0.1, 0.15) is 29.8 Å². The molecule has 0 aliphatic rings. The molecule has 6 heteroatoms. The molecule has 0 saturated carbocycles. The standard InChI is InChI=1S/C13H25N3O2S/c1-10-13(11(2)16(4)15-10)7-6-12(14-3)8-9-19(5,17)18/h12,14H,6-9H2,1-5H3. The van der Waals surface area contributed by atoms with E-state index < -0.39 is 9.84 Å². The molecule has 19 heavy (non-hydrogen) atoms. The van der Waals surface area contributed by atoms with E-state index in [4.69, 9.17) is 0 Å². The second-order valence-electron chi connectivity index (χ2n) is 5.22. The molecule has 0 saturated heterocycles. The topological polar surface area (TPSA) is 64.0 Å². The highest BCUT2D eigenvalue weighted by Gasteiger charge is 2.14. The Morgan fingerprint density at radius 3 is 2.37 bits per heavy atom. The van der Waals surface area contributed by atoms with E-state index in [2.05, 4.69) is 17.3 Å². The molecule has 1 N–H and O–H groups in total. The Morgan fingerprint density at radius 1 is 1.32 bits per heavy atom. The Bertz CT molecular complexity index is 520. The molecular weight excluding hydrogens is 262 g/mol. The molecule has 1 aromatic rings. The molecule has 0 amide bonds. The number of rotatable bonds is 7. The van der Waals surface area contributed by atoms with Crippen LogP contribution in [0.3, 0.4) is 0 Å². The summed E-state index contributed by atoms with van der Waals surface area (Å²) in [5.74, 6) is 0.240. The third-order valence-corrected chi connectivity index (χ3v) is 4.62. The summed E-state index contributed by atoms with van der Waals surface area (Å²) < 4.78 is 24.3. The monoisotopic (exact) mass is 287 g/mol. The molecule has 0 aliphatic heterocycles. The van der Waals surface area contributed by atoms with E-state index in [0.29, 0.717) is 6.42 Å². The van der Waals surface area contributed by atoms with Crippen LogP contribution in [0.2, 0.25) is 0 Å². The average Bonchev–Trinajstić information content (AvgIpc) is 2.53. The quantitative estimate of drug-likeness (QED) is 0.812. The van der Waals surface area contributed by atoms with Crippen LogP contribution < -0.4 is 5.32 Å². The lowest BCUT2D eigenvalue weighted by molar-refractivity contribution is 0.503. The smallest absolute Gasteiger partial charge is 0.147 e. The maximum Gasteiger partial charge on any atom is 0.147 e. The van der Waals surface area contributed by atoms with E-state index in [1.54, 1.807) is 0 Å². The molecule has 0 fully saturated rings. The summed E-state index contributed by atoms with van der Waals surface area (Å²) in [5.41, 5.74) is 3.54. The molecule has 0 bridgehead atoms. The first kappa shape index (κ1) is 16.2. The number of hydrogen-bond acceptors (Lipinski definition) is 4. The Balaban J connectivity index is 2.58. The van der Waals surface area contributed by atoms with Crippen molar-refractivity contribution in [3.05, 3.63) is 17.0 Å². The van der Waals surface area contributed by atoms with Crippen LogP contribution >= 0.6 is 0 Å². The summed E-state index contributed by atoms with van der Waals surface area (Å²) in [5, 5.41) is 7.60. The Hall–Kier alpha value is -0.880. The number of nitrogens with one attached hydrogen (secondary N) is 1. The van der Waals surface area contributed by atoms with Crippen molar-refractivity contribution in [1.29, 1.82) is 0 Å². The maximum atomic E-state index is 11.2. The third-order valence-electron chi connectivity index (χ3n) is 3.65. The molecule has 1 heterocycles. The summed E-state index contributed by atoms with van der Waals surface area (Å²) in [6.45, 7) is 4.09. The van der Waals surface area contributed by atoms with Crippen LogP contribution in [-0.4, -0.2) is 43.3 Å². The van der Waals surface area contributed by atoms with Gasteiger partial charge in [-0.25, -0.2) is 8.42 Å². The second kappa shape index (κ2) is 6.52. The van der Waals surface area contributed by atoms with Gasteiger partial charge in [0, 0.05) is 25.0 Å². The zero-order valence-electron chi connectivity index (χ0n) is 12.5. The van der Waals surface area contributed by atoms with E-state index in [0.717, 1.165) is 18.5 Å². The molecular formula is C13H25N3O2S. The molecule has 1 atom stereocenters. The first-order chi connectivity index (χ1) is 8.74. The fourth-order valence-corrected chi connectivity index (χ4v) is 3.00. The highest BCUT2D eigenvalue weighted by Crippen LogP contribution is 2.15. The van der Waals surface area contributed by atoms with Crippen molar-refractivity contribution in [3.63, 3.8) is 0 Å². The van der Waals surface area contributed by atoms with Gasteiger partial charge in [0.1, 0.15) is 9.84 Å². The number of sulfone groups is 1. The van der Waals surface area contributed by atoms with Crippen LogP contribution in [-0.2, 0) is 23.3 Å². The van der Waals surface area contributed by atoms with Gasteiger partial charge in [0.2, 0.25) is 0 Å². The number of aromatic nitrogens is 2. The highest BCUT2D eigenvalue weighted by molar-refractivity contribution is 7.90. The zero-order chi connectivity index (χ0) is 14.6. The lowest BCUT2D eigenvalue weighted by atomic mass is 10.0. The Kier molecular flexibility index (Phi) is 5.55. The predicted molar refractivity (Wildman–Crippen MR) is 78.2 cm³/mol. The van der Waals surface area contributed by atoms with Gasteiger partial charge in [0.05, 0.1) is 11.4 Å². The van der Waals surface area contributed by atoms with E-state index >= 15 is 0 Å². The SMILES string of the molecule is CNC(CCc1c(C)nn(C)c1C)CCS(C)(=O)=O. The van der Waals surface area contributed by atoms with E-state index in [1.165, 1.54) is 17.5 Å². The van der Waals surface area contributed by atoms with E-state index in [1.807, 2.05) is 25.7 Å². The van der Waals surface area contributed by atoms with Gasteiger partial charge >= 0.3 is 0 Å². The van der Waals surface area contributed by atoms with Crippen LogP contribution in [0.25, 0.3) is 0 Å². The molecule has 0 aliphatic carbocycles. The van der Waals surface area contributed by atoms with Gasteiger partial charge in [0.25, 0.3) is 0 Å². The Morgan fingerprint density at radius 2 is 1.95 bits per heavy atom. The van der Waals surface area contributed by atoms with Crippen LogP contribution in [0.4, 0.5) is 0 Å². The minimum Gasteiger partial charge on any atom is -0.317 e. The molecule has 0 radical (unpaired) electrons. The van der Waals surface area contributed by atoms with Crippen molar-refractivity contribution < 1.29 is 8.42 Å². The van der Waals surface area contributed by atoms with Gasteiger partial charge in [-0.2, -0.15) is 5.10 Å². The van der Waals surface area contributed by atoms with Crippen molar-refractivity contribution in [2.24, 2.45) is 7.05 Å². The molecule has 5 nitrogen and oxygen atoms in total. The number of hydrogen-bond donors (Lipinski definition) is 1. The van der Waals surface area contributed by atoms with Crippen molar-refractivity contribution >= 4 is 9.84 Å². The first-order valence-corrected chi connectivity index (χ1v) is 8.64.